The molecule has 2 aromatic rings. The smallest absolute Gasteiger partial charge is 0.337 e. The second kappa shape index (κ2) is 8.06. The van der Waals surface area contributed by atoms with Gasteiger partial charge in [-0.05, 0) is 23.8 Å². The number of rotatable bonds is 6. The summed E-state index contributed by atoms with van der Waals surface area (Å²) in [5.41, 5.74) is 2.27. The third-order valence-electron chi connectivity index (χ3n) is 3.50. The van der Waals surface area contributed by atoms with Gasteiger partial charge in [0.1, 0.15) is 5.75 Å². The Hall–Kier alpha value is -2.95. The molecule has 5 heteroatoms. The molecule has 0 saturated carbocycles. The normalized spacial score (nSPS) is 10.5. The van der Waals surface area contributed by atoms with E-state index in [4.69, 9.17) is 14.2 Å². The topological polar surface area (TPSA) is 54.0 Å². The molecule has 2 rings (SSSR count). The summed E-state index contributed by atoms with van der Waals surface area (Å²) in [7, 11) is 6.13. The predicted molar refractivity (Wildman–Crippen MR) is 92.8 cm³/mol. The summed E-state index contributed by atoms with van der Waals surface area (Å²) in [4.78, 5) is 11.4. The Morgan fingerprint density at radius 3 is 2.12 bits per heavy atom. The Morgan fingerprint density at radius 1 is 0.875 bits per heavy atom. The maximum absolute atomic E-state index is 11.4. The molecule has 0 aliphatic heterocycles. The van der Waals surface area contributed by atoms with Gasteiger partial charge in [-0.3, -0.25) is 0 Å². The van der Waals surface area contributed by atoms with E-state index >= 15 is 0 Å². The molecule has 0 heterocycles. The Kier molecular flexibility index (Phi) is 5.84. The second-order valence-electron chi connectivity index (χ2n) is 4.90. The van der Waals surface area contributed by atoms with Crippen molar-refractivity contribution in [1.82, 2.24) is 0 Å². The Balaban J connectivity index is 2.32. The second-order valence-corrected chi connectivity index (χ2v) is 4.90. The molecule has 0 fully saturated rings. The molecular weight excluding hydrogens is 308 g/mol. The van der Waals surface area contributed by atoms with Gasteiger partial charge in [0.25, 0.3) is 0 Å². The SMILES string of the molecule is COC(=O)c1ccc(C=Cc2cc(OC)cc(OC)c2OC)cc1. The molecule has 0 aliphatic rings. The Bertz CT molecular complexity index is 732. The predicted octanol–water partition coefficient (Wildman–Crippen LogP) is 3.67. The number of hydrogen-bond donors (Lipinski definition) is 0. The lowest BCUT2D eigenvalue weighted by Gasteiger charge is -2.12. The van der Waals surface area contributed by atoms with Crippen molar-refractivity contribution in [2.45, 2.75) is 0 Å². The highest BCUT2D eigenvalue weighted by Crippen LogP contribution is 2.36. The minimum atomic E-state index is -0.357. The van der Waals surface area contributed by atoms with Gasteiger partial charge < -0.3 is 18.9 Å². The highest BCUT2D eigenvalue weighted by Gasteiger charge is 2.11. The van der Waals surface area contributed by atoms with Gasteiger partial charge in [0.2, 0.25) is 0 Å². The summed E-state index contributed by atoms with van der Waals surface area (Å²) in [6.07, 6.45) is 3.81. The van der Waals surface area contributed by atoms with Crippen molar-refractivity contribution in [2.24, 2.45) is 0 Å². The van der Waals surface area contributed by atoms with Crippen molar-refractivity contribution in [3.63, 3.8) is 0 Å². The maximum atomic E-state index is 11.4. The van der Waals surface area contributed by atoms with Gasteiger partial charge in [0.15, 0.2) is 11.5 Å². The molecule has 0 atom stereocenters. The van der Waals surface area contributed by atoms with Gasteiger partial charge in [0.05, 0.1) is 34.0 Å². The molecular formula is C19H20O5. The van der Waals surface area contributed by atoms with Crippen LogP contribution in [0, 0.1) is 0 Å². The van der Waals surface area contributed by atoms with Gasteiger partial charge in [-0.1, -0.05) is 24.3 Å². The van der Waals surface area contributed by atoms with Crippen LogP contribution in [0.1, 0.15) is 21.5 Å². The zero-order valence-corrected chi connectivity index (χ0v) is 14.2. The lowest BCUT2D eigenvalue weighted by molar-refractivity contribution is 0.0600. The lowest BCUT2D eigenvalue weighted by atomic mass is 10.1. The van der Waals surface area contributed by atoms with Crippen LogP contribution in [0.5, 0.6) is 17.2 Å². The van der Waals surface area contributed by atoms with E-state index in [0.717, 1.165) is 11.1 Å². The van der Waals surface area contributed by atoms with Gasteiger partial charge >= 0.3 is 5.97 Å². The maximum Gasteiger partial charge on any atom is 0.337 e. The van der Waals surface area contributed by atoms with Crippen LogP contribution >= 0.6 is 0 Å². The minimum absolute atomic E-state index is 0.357. The largest absolute Gasteiger partial charge is 0.497 e. The quantitative estimate of drug-likeness (QED) is 0.598. The number of esters is 1. The highest BCUT2D eigenvalue weighted by molar-refractivity contribution is 5.89. The molecule has 0 aliphatic carbocycles. The lowest BCUT2D eigenvalue weighted by Crippen LogP contribution is -2.00. The molecule has 126 valence electrons. The fourth-order valence-electron chi connectivity index (χ4n) is 2.24. The van der Waals surface area contributed by atoms with Crippen LogP contribution in [0.25, 0.3) is 12.2 Å². The van der Waals surface area contributed by atoms with Crippen molar-refractivity contribution in [1.29, 1.82) is 0 Å². The van der Waals surface area contributed by atoms with E-state index in [-0.39, 0.29) is 5.97 Å². The molecule has 2 aromatic carbocycles. The molecule has 0 unspecified atom stereocenters. The van der Waals surface area contributed by atoms with E-state index in [1.165, 1.54) is 7.11 Å². The summed E-state index contributed by atoms with van der Waals surface area (Å²) in [6, 6.07) is 10.7. The zero-order valence-electron chi connectivity index (χ0n) is 14.2. The first-order chi connectivity index (χ1) is 11.6. The number of methoxy groups -OCH3 is 4. The van der Waals surface area contributed by atoms with Crippen LogP contribution in [0.15, 0.2) is 36.4 Å². The van der Waals surface area contributed by atoms with Crippen LogP contribution in [0.3, 0.4) is 0 Å². The van der Waals surface area contributed by atoms with Crippen molar-refractivity contribution in [3.05, 3.63) is 53.1 Å². The van der Waals surface area contributed by atoms with Crippen molar-refractivity contribution in [2.75, 3.05) is 28.4 Å². The van der Waals surface area contributed by atoms with Gasteiger partial charge in [-0.2, -0.15) is 0 Å². The molecule has 0 N–H and O–H groups in total. The molecule has 0 spiro atoms. The highest BCUT2D eigenvalue weighted by atomic mass is 16.5. The third kappa shape index (κ3) is 3.87. The van der Waals surface area contributed by atoms with E-state index in [0.29, 0.717) is 22.8 Å². The molecule has 0 saturated heterocycles. The van der Waals surface area contributed by atoms with E-state index in [1.54, 1.807) is 39.5 Å². The standard InChI is InChI=1S/C19H20O5/c1-21-16-11-15(18(23-3)17(12-16)22-2)10-7-13-5-8-14(9-6-13)19(20)24-4/h5-12H,1-4H3. The number of hydrogen-bond acceptors (Lipinski definition) is 5. The van der Waals surface area contributed by atoms with Crippen LogP contribution < -0.4 is 14.2 Å². The van der Waals surface area contributed by atoms with Crippen molar-refractivity contribution in [3.8, 4) is 17.2 Å². The molecule has 0 bridgehead atoms. The zero-order chi connectivity index (χ0) is 17.5. The molecule has 0 amide bonds. The van der Waals surface area contributed by atoms with Crippen molar-refractivity contribution < 1.29 is 23.7 Å². The first-order valence-electron chi connectivity index (χ1n) is 7.29. The monoisotopic (exact) mass is 328 g/mol. The van der Waals surface area contributed by atoms with Gasteiger partial charge in [-0.25, -0.2) is 4.79 Å². The van der Waals surface area contributed by atoms with E-state index < -0.39 is 0 Å². The third-order valence-corrected chi connectivity index (χ3v) is 3.50. The fraction of sp³-hybridized carbons (Fsp3) is 0.211. The van der Waals surface area contributed by atoms with E-state index in [9.17, 15) is 4.79 Å². The summed E-state index contributed by atoms with van der Waals surface area (Å²) in [5, 5.41) is 0. The van der Waals surface area contributed by atoms with Crippen LogP contribution in [0.2, 0.25) is 0 Å². The fourth-order valence-corrected chi connectivity index (χ4v) is 2.24. The van der Waals surface area contributed by atoms with E-state index in [1.807, 2.05) is 30.4 Å². The first-order valence-corrected chi connectivity index (χ1v) is 7.29. The van der Waals surface area contributed by atoms with Crippen LogP contribution in [-0.4, -0.2) is 34.4 Å². The Labute approximate surface area is 141 Å². The first kappa shape index (κ1) is 17.4. The van der Waals surface area contributed by atoms with E-state index in [2.05, 4.69) is 4.74 Å². The number of carbonyl (C=O) groups is 1. The Morgan fingerprint density at radius 2 is 1.58 bits per heavy atom. The van der Waals surface area contributed by atoms with Crippen molar-refractivity contribution >= 4 is 18.1 Å². The summed E-state index contributed by atoms with van der Waals surface area (Å²) in [6.45, 7) is 0. The molecule has 24 heavy (non-hydrogen) atoms. The number of benzene rings is 2. The summed E-state index contributed by atoms with van der Waals surface area (Å²) < 4.78 is 20.7. The summed E-state index contributed by atoms with van der Waals surface area (Å²) >= 11 is 0. The number of carbonyl (C=O) groups excluding carboxylic acids is 1. The molecule has 0 aromatic heterocycles. The average molecular weight is 328 g/mol. The van der Waals surface area contributed by atoms with Crippen LogP contribution in [0.4, 0.5) is 0 Å². The summed E-state index contributed by atoms with van der Waals surface area (Å²) in [5.74, 6) is 1.54. The van der Waals surface area contributed by atoms with Gasteiger partial charge in [0, 0.05) is 11.6 Å². The molecule has 0 radical (unpaired) electrons. The van der Waals surface area contributed by atoms with Crippen LogP contribution in [-0.2, 0) is 4.74 Å². The number of ether oxygens (including phenoxy) is 4. The average Bonchev–Trinajstić information content (AvgIpc) is 2.65. The molecule has 5 nitrogen and oxygen atoms in total. The minimum Gasteiger partial charge on any atom is -0.497 e. The van der Waals surface area contributed by atoms with Gasteiger partial charge in [-0.15, -0.1) is 0 Å².